The molecule has 40 heavy (non-hydrogen) atoms. The molecule has 11 heteroatoms. The van der Waals surface area contributed by atoms with E-state index in [1.807, 2.05) is 6.92 Å². The van der Waals surface area contributed by atoms with Crippen LogP contribution in [0.1, 0.15) is 64.4 Å². The van der Waals surface area contributed by atoms with Gasteiger partial charge in [-0.15, -0.1) is 0 Å². The van der Waals surface area contributed by atoms with Gasteiger partial charge in [0.05, 0.1) is 28.6 Å². The Labute approximate surface area is 248 Å². The van der Waals surface area contributed by atoms with Crippen molar-refractivity contribution in [3.05, 3.63) is 58.1 Å². The van der Waals surface area contributed by atoms with Crippen molar-refractivity contribution in [3.8, 4) is 5.75 Å². The van der Waals surface area contributed by atoms with Crippen LogP contribution in [0.3, 0.4) is 0 Å². The highest BCUT2D eigenvalue weighted by molar-refractivity contribution is 7.92. The van der Waals surface area contributed by atoms with Crippen LogP contribution in [0, 0.1) is 0 Å². The van der Waals surface area contributed by atoms with Crippen LogP contribution < -0.4 is 14.4 Å². The molecule has 8 nitrogen and oxygen atoms in total. The van der Waals surface area contributed by atoms with Crippen molar-refractivity contribution in [3.63, 3.8) is 0 Å². The van der Waals surface area contributed by atoms with Crippen LogP contribution in [-0.4, -0.2) is 56.6 Å². The van der Waals surface area contributed by atoms with Crippen molar-refractivity contribution in [1.29, 1.82) is 0 Å². The van der Waals surface area contributed by atoms with Gasteiger partial charge in [-0.05, 0) is 75.1 Å². The summed E-state index contributed by atoms with van der Waals surface area (Å²) in [5, 5.41) is 3.88. The first-order chi connectivity index (χ1) is 19.0. The molecule has 0 saturated heterocycles. The number of amides is 2. The summed E-state index contributed by atoms with van der Waals surface area (Å²) in [6.07, 6.45) is 6.68. The van der Waals surface area contributed by atoms with Crippen LogP contribution in [0.4, 0.5) is 5.69 Å². The van der Waals surface area contributed by atoms with Gasteiger partial charge in [-0.25, -0.2) is 8.42 Å². The van der Waals surface area contributed by atoms with Crippen molar-refractivity contribution in [2.45, 2.75) is 77.4 Å². The Morgan fingerprint density at radius 3 is 2.33 bits per heavy atom. The Morgan fingerprint density at radius 1 is 1.05 bits per heavy atom. The summed E-state index contributed by atoms with van der Waals surface area (Å²) in [5.41, 5.74) is 1.23. The van der Waals surface area contributed by atoms with Gasteiger partial charge in [0, 0.05) is 25.6 Å². The van der Waals surface area contributed by atoms with E-state index in [4.69, 9.17) is 27.9 Å². The number of rotatable bonds is 13. The van der Waals surface area contributed by atoms with E-state index >= 15 is 0 Å². The van der Waals surface area contributed by atoms with Crippen molar-refractivity contribution >= 4 is 50.7 Å². The van der Waals surface area contributed by atoms with Crippen LogP contribution in [0.2, 0.25) is 10.0 Å². The van der Waals surface area contributed by atoms with E-state index in [-0.39, 0.29) is 43.8 Å². The lowest BCUT2D eigenvalue weighted by atomic mass is 9.95. The molecule has 1 fully saturated rings. The zero-order valence-electron chi connectivity index (χ0n) is 23.4. The Morgan fingerprint density at radius 2 is 1.73 bits per heavy atom. The molecule has 1 N–H and O–H groups in total. The second-order valence-electron chi connectivity index (χ2n) is 10.2. The molecule has 2 amide bonds. The largest absolute Gasteiger partial charge is 0.494 e. The fraction of sp³-hybridized carbons (Fsp3) is 0.517. The molecule has 1 saturated carbocycles. The molecule has 1 unspecified atom stereocenters. The second-order valence-corrected chi connectivity index (χ2v) is 12.9. The number of sulfonamides is 1. The molecule has 0 spiro atoms. The van der Waals surface area contributed by atoms with E-state index in [1.165, 1.54) is 15.6 Å². The number of hydrogen-bond acceptors (Lipinski definition) is 5. The lowest BCUT2D eigenvalue weighted by Gasteiger charge is -2.31. The average molecular weight is 613 g/mol. The van der Waals surface area contributed by atoms with E-state index in [1.54, 1.807) is 49.4 Å². The van der Waals surface area contributed by atoms with Crippen LogP contribution in [0.25, 0.3) is 0 Å². The minimum absolute atomic E-state index is 0.0609. The molecular formula is C29H39Cl2N3O5S. The van der Waals surface area contributed by atoms with Crippen LogP contribution in [0.5, 0.6) is 5.75 Å². The maximum atomic E-state index is 13.5. The van der Waals surface area contributed by atoms with Gasteiger partial charge < -0.3 is 15.0 Å². The Hall–Kier alpha value is -2.49. The van der Waals surface area contributed by atoms with E-state index in [0.29, 0.717) is 28.1 Å². The number of anilines is 1. The molecule has 1 atom stereocenters. The first-order valence-corrected chi connectivity index (χ1v) is 16.3. The van der Waals surface area contributed by atoms with Gasteiger partial charge >= 0.3 is 0 Å². The maximum Gasteiger partial charge on any atom is 0.242 e. The number of carbonyl (C=O) groups excluding carboxylic acids is 2. The topological polar surface area (TPSA) is 96.0 Å². The minimum Gasteiger partial charge on any atom is -0.494 e. The highest BCUT2D eigenvalue weighted by atomic mass is 35.5. The molecule has 0 heterocycles. The highest BCUT2D eigenvalue weighted by Crippen LogP contribution is 2.25. The maximum absolute atomic E-state index is 13.5. The monoisotopic (exact) mass is 611 g/mol. The minimum atomic E-state index is -3.59. The molecule has 3 rings (SSSR count). The summed E-state index contributed by atoms with van der Waals surface area (Å²) in [5.74, 6) is 0.193. The third-order valence-corrected chi connectivity index (χ3v) is 8.98. The standard InChI is InChI=1S/C29H39Cl2N3O5S/c1-4-39-25-15-13-24(14-16-25)34(40(3,37)38)18-8-11-28(35)33(20-22-12-17-26(30)27(31)19-22)21(2)29(36)32-23-9-6-5-7-10-23/h12-17,19,21,23H,4-11,18,20H2,1-3H3,(H,32,36). The molecule has 2 aromatic carbocycles. The van der Waals surface area contributed by atoms with Crippen molar-refractivity contribution < 1.29 is 22.7 Å². The van der Waals surface area contributed by atoms with Crippen LogP contribution in [-0.2, 0) is 26.2 Å². The number of nitrogens with one attached hydrogen (secondary N) is 1. The van der Waals surface area contributed by atoms with Gasteiger partial charge in [0.25, 0.3) is 0 Å². The van der Waals surface area contributed by atoms with E-state index in [2.05, 4.69) is 5.32 Å². The molecule has 1 aliphatic rings. The third-order valence-electron chi connectivity index (χ3n) is 7.04. The molecule has 0 aliphatic heterocycles. The highest BCUT2D eigenvalue weighted by Gasteiger charge is 2.28. The van der Waals surface area contributed by atoms with Crippen LogP contribution >= 0.6 is 23.2 Å². The molecular weight excluding hydrogens is 573 g/mol. The summed E-state index contributed by atoms with van der Waals surface area (Å²) < 4.78 is 31.9. The van der Waals surface area contributed by atoms with Crippen LogP contribution in [0.15, 0.2) is 42.5 Å². The number of halogens is 2. The Bertz CT molecular complexity index is 1250. The van der Waals surface area contributed by atoms with Gasteiger partial charge in [0.1, 0.15) is 11.8 Å². The summed E-state index contributed by atoms with van der Waals surface area (Å²) >= 11 is 12.3. The van der Waals surface area contributed by atoms with Gasteiger partial charge in [-0.3, -0.25) is 13.9 Å². The predicted octanol–water partition coefficient (Wildman–Crippen LogP) is 5.80. The lowest BCUT2D eigenvalue weighted by molar-refractivity contribution is -0.141. The summed E-state index contributed by atoms with van der Waals surface area (Å²) in [4.78, 5) is 28.2. The molecule has 0 bridgehead atoms. The number of benzene rings is 2. The Balaban J connectivity index is 1.72. The molecule has 220 valence electrons. The summed E-state index contributed by atoms with van der Waals surface area (Å²) in [7, 11) is -3.59. The smallest absolute Gasteiger partial charge is 0.242 e. The molecule has 2 aromatic rings. The summed E-state index contributed by atoms with van der Waals surface area (Å²) in [6, 6.07) is 11.3. The average Bonchev–Trinajstić information content (AvgIpc) is 2.92. The fourth-order valence-corrected chi connectivity index (χ4v) is 6.15. The summed E-state index contributed by atoms with van der Waals surface area (Å²) in [6.45, 7) is 4.38. The van der Waals surface area contributed by atoms with Gasteiger partial charge in [-0.1, -0.05) is 48.5 Å². The predicted molar refractivity (Wildman–Crippen MR) is 161 cm³/mol. The number of hydrogen-bond donors (Lipinski definition) is 1. The van der Waals surface area contributed by atoms with Gasteiger partial charge in [0.15, 0.2) is 0 Å². The molecule has 1 aliphatic carbocycles. The Kier molecular flexibility index (Phi) is 12.0. The number of ether oxygens (including phenoxy) is 1. The van der Waals surface area contributed by atoms with Crippen molar-refractivity contribution in [1.82, 2.24) is 10.2 Å². The quantitative estimate of drug-likeness (QED) is 0.308. The van der Waals surface area contributed by atoms with E-state index in [9.17, 15) is 18.0 Å². The van der Waals surface area contributed by atoms with Gasteiger partial charge in [0.2, 0.25) is 21.8 Å². The molecule has 0 aromatic heterocycles. The number of carbonyl (C=O) groups is 2. The van der Waals surface area contributed by atoms with Crippen molar-refractivity contribution in [2.75, 3.05) is 23.7 Å². The molecule has 0 radical (unpaired) electrons. The fourth-order valence-electron chi connectivity index (χ4n) is 4.87. The normalized spacial score (nSPS) is 14.8. The van der Waals surface area contributed by atoms with Crippen molar-refractivity contribution in [2.24, 2.45) is 0 Å². The third kappa shape index (κ3) is 9.28. The van der Waals surface area contributed by atoms with Gasteiger partial charge in [-0.2, -0.15) is 0 Å². The second kappa shape index (κ2) is 14.9. The van der Waals surface area contributed by atoms with E-state index in [0.717, 1.165) is 37.5 Å². The zero-order chi connectivity index (χ0) is 29.3. The van der Waals surface area contributed by atoms with E-state index < -0.39 is 16.1 Å². The SMILES string of the molecule is CCOc1ccc(N(CCCC(=O)N(Cc2ccc(Cl)c(Cl)c2)C(C)C(=O)NC2CCCCC2)S(C)(=O)=O)cc1. The zero-order valence-corrected chi connectivity index (χ0v) is 25.7. The number of nitrogens with zero attached hydrogens (tertiary/aromatic N) is 2. The first-order valence-electron chi connectivity index (χ1n) is 13.7. The first kappa shape index (κ1) is 32.0. The lowest BCUT2D eigenvalue weighted by Crippen LogP contribution is -2.50.